The minimum Gasteiger partial charge on any atom is -0.379 e. The maximum Gasteiger partial charge on any atom is 0.227 e. The monoisotopic (exact) mass is 320 g/mol. The molecule has 0 saturated carbocycles. The lowest BCUT2D eigenvalue weighted by Crippen LogP contribution is -2.46. The van der Waals surface area contributed by atoms with Crippen LogP contribution in [0, 0.1) is 17.2 Å². The van der Waals surface area contributed by atoms with Crippen molar-refractivity contribution >= 4 is 5.91 Å². The molecule has 1 amide bonds. The fraction of sp³-hybridized carbons (Fsp3) is 0.611. The van der Waals surface area contributed by atoms with E-state index in [1.807, 2.05) is 4.90 Å². The normalized spacial score (nSPS) is 29.0. The molecule has 0 aliphatic carbocycles. The van der Waals surface area contributed by atoms with Gasteiger partial charge in [0.2, 0.25) is 5.91 Å². The molecule has 2 fully saturated rings. The maximum atomic E-state index is 13.0. The minimum atomic E-state index is -0.272. The molecule has 2 aliphatic heterocycles. The Hall–Kier alpha value is -1.46. The van der Waals surface area contributed by atoms with Gasteiger partial charge in [-0.2, -0.15) is 0 Å². The molecule has 0 N–H and O–H groups in total. The summed E-state index contributed by atoms with van der Waals surface area (Å²) in [4.78, 5) is 17.0. The topological polar surface area (TPSA) is 32.8 Å². The number of rotatable bonds is 2. The highest BCUT2D eigenvalue weighted by Crippen LogP contribution is 2.37. The number of amides is 1. The van der Waals surface area contributed by atoms with Crippen molar-refractivity contribution in [3.63, 3.8) is 0 Å². The van der Waals surface area contributed by atoms with Crippen molar-refractivity contribution in [2.45, 2.75) is 13.3 Å². The van der Waals surface area contributed by atoms with E-state index in [0.717, 1.165) is 31.8 Å². The average molecular weight is 320 g/mol. The van der Waals surface area contributed by atoms with E-state index in [4.69, 9.17) is 4.74 Å². The summed E-state index contributed by atoms with van der Waals surface area (Å²) in [5, 5.41) is 0. The highest BCUT2D eigenvalue weighted by molar-refractivity contribution is 5.78. The molecule has 1 aromatic rings. The Morgan fingerprint density at radius 2 is 2.09 bits per heavy atom. The second-order valence-electron chi connectivity index (χ2n) is 7.13. The number of likely N-dealkylation sites (tertiary alicyclic amines) is 1. The summed E-state index contributed by atoms with van der Waals surface area (Å²) in [6.45, 7) is 6.96. The fourth-order valence-corrected chi connectivity index (χ4v) is 3.87. The van der Waals surface area contributed by atoms with Crippen LogP contribution >= 0.6 is 0 Å². The molecule has 5 heteroatoms. The van der Waals surface area contributed by atoms with Gasteiger partial charge in [0.1, 0.15) is 5.82 Å². The first-order valence-corrected chi connectivity index (χ1v) is 8.27. The molecule has 2 atom stereocenters. The Balaban J connectivity index is 1.70. The molecular weight excluding hydrogens is 295 g/mol. The average Bonchev–Trinajstić information content (AvgIpc) is 2.68. The van der Waals surface area contributed by atoms with Gasteiger partial charge < -0.3 is 14.5 Å². The van der Waals surface area contributed by atoms with E-state index in [2.05, 4.69) is 18.9 Å². The predicted octanol–water partition coefficient (Wildman–Crippen LogP) is 1.79. The molecule has 2 saturated heterocycles. The first-order valence-electron chi connectivity index (χ1n) is 8.27. The van der Waals surface area contributed by atoms with E-state index >= 15 is 0 Å². The van der Waals surface area contributed by atoms with Crippen LogP contribution in [0.1, 0.15) is 12.5 Å². The van der Waals surface area contributed by atoms with E-state index in [0.29, 0.717) is 25.5 Å². The van der Waals surface area contributed by atoms with Crippen molar-refractivity contribution in [3.05, 3.63) is 35.6 Å². The summed E-state index contributed by atoms with van der Waals surface area (Å²) in [5.74, 6) is 0.334. The van der Waals surface area contributed by atoms with E-state index in [9.17, 15) is 9.18 Å². The molecule has 1 spiro atoms. The molecular formula is C18H25FN2O2. The van der Waals surface area contributed by atoms with Crippen LogP contribution in [0.2, 0.25) is 0 Å². The van der Waals surface area contributed by atoms with Gasteiger partial charge in [0, 0.05) is 31.6 Å². The number of hydrogen-bond acceptors (Lipinski definition) is 3. The van der Waals surface area contributed by atoms with Gasteiger partial charge in [0.15, 0.2) is 0 Å². The molecule has 0 aromatic heterocycles. The number of nitrogens with zero attached hydrogens (tertiary/aromatic N) is 2. The molecule has 4 nitrogen and oxygen atoms in total. The zero-order valence-electron chi connectivity index (χ0n) is 13.9. The smallest absolute Gasteiger partial charge is 0.227 e. The van der Waals surface area contributed by atoms with E-state index < -0.39 is 0 Å². The van der Waals surface area contributed by atoms with E-state index in [1.54, 1.807) is 12.1 Å². The Labute approximate surface area is 137 Å². The Morgan fingerprint density at radius 1 is 1.35 bits per heavy atom. The third kappa shape index (κ3) is 3.56. The SMILES string of the molecule is C[C@H]1CN(C)C[C@@]12COCCN(C(=O)Cc1ccc(F)cc1)C2. The van der Waals surface area contributed by atoms with Crippen LogP contribution in [-0.2, 0) is 16.0 Å². The van der Waals surface area contributed by atoms with Crippen molar-refractivity contribution in [1.29, 1.82) is 0 Å². The molecule has 0 bridgehead atoms. The molecule has 2 heterocycles. The van der Waals surface area contributed by atoms with Crippen molar-refractivity contribution in [2.75, 3.05) is 46.4 Å². The Bertz CT molecular complexity index is 563. The van der Waals surface area contributed by atoms with Gasteiger partial charge in [-0.15, -0.1) is 0 Å². The fourth-order valence-electron chi connectivity index (χ4n) is 3.87. The minimum absolute atomic E-state index is 0.0315. The predicted molar refractivity (Wildman–Crippen MR) is 86.6 cm³/mol. The summed E-state index contributed by atoms with van der Waals surface area (Å²) < 4.78 is 18.8. The van der Waals surface area contributed by atoms with Gasteiger partial charge >= 0.3 is 0 Å². The Morgan fingerprint density at radius 3 is 2.74 bits per heavy atom. The van der Waals surface area contributed by atoms with E-state index in [-0.39, 0.29) is 17.1 Å². The van der Waals surface area contributed by atoms with Crippen molar-refractivity contribution in [1.82, 2.24) is 9.80 Å². The molecule has 0 unspecified atom stereocenters. The number of carbonyl (C=O) groups is 1. The molecule has 23 heavy (non-hydrogen) atoms. The zero-order chi connectivity index (χ0) is 16.4. The highest BCUT2D eigenvalue weighted by atomic mass is 19.1. The molecule has 126 valence electrons. The first kappa shape index (κ1) is 16.4. The third-order valence-electron chi connectivity index (χ3n) is 5.24. The van der Waals surface area contributed by atoms with Crippen LogP contribution in [0.25, 0.3) is 0 Å². The number of benzene rings is 1. The molecule has 1 aromatic carbocycles. The van der Waals surface area contributed by atoms with Gasteiger partial charge in [-0.3, -0.25) is 4.79 Å². The second-order valence-corrected chi connectivity index (χ2v) is 7.13. The van der Waals surface area contributed by atoms with Gasteiger partial charge in [-0.25, -0.2) is 4.39 Å². The number of carbonyl (C=O) groups excluding carboxylic acids is 1. The summed E-state index contributed by atoms with van der Waals surface area (Å²) in [6, 6.07) is 6.18. The quantitative estimate of drug-likeness (QED) is 0.833. The van der Waals surface area contributed by atoms with Gasteiger partial charge in [-0.05, 0) is 30.7 Å². The second kappa shape index (κ2) is 6.57. The van der Waals surface area contributed by atoms with Gasteiger partial charge in [0.25, 0.3) is 0 Å². The van der Waals surface area contributed by atoms with Crippen molar-refractivity contribution in [3.8, 4) is 0 Å². The maximum absolute atomic E-state index is 13.0. The van der Waals surface area contributed by atoms with Crippen LogP contribution in [-0.4, -0.2) is 62.1 Å². The van der Waals surface area contributed by atoms with Crippen molar-refractivity contribution in [2.24, 2.45) is 11.3 Å². The number of hydrogen-bond donors (Lipinski definition) is 0. The lowest BCUT2D eigenvalue weighted by atomic mass is 9.79. The third-order valence-corrected chi connectivity index (χ3v) is 5.24. The summed E-state index contributed by atoms with van der Waals surface area (Å²) in [7, 11) is 2.13. The first-order chi connectivity index (χ1) is 11.0. The number of ether oxygens (including phenoxy) is 1. The summed E-state index contributed by atoms with van der Waals surface area (Å²) >= 11 is 0. The van der Waals surface area contributed by atoms with Crippen molar-refractivity contribution < 1.29 is 13.9 Å². The van der Waals surface area contributed by atoms with Crippen LogP contribution in [0.5, 0.6) is 0 Å². The van der Waals surface area contributed by atoms with Gasteiger partial charge in [-0.1, -0.05) is 19.1 Å². The van der Waals surface area contributed by atoms with Crippen LogP contribution in [0.4, 0.5) is 4.39 Å². The lowest BCUT2D eigenvalue weighted by molar-refractivity contribution is -0.131. The largest absolute Gasteiger partial charge is 0.379 e. The molecule has 0 radical (unpaired) electrons. The zero-order valence-corrected chi connectivity index (χ0v) is 13.9. The summed E-state index contributed by atoms with van der Waals surface area (Å²) in [6.07, 6.45) is 0.320. The van der Waals surface area contributed by atoms with Crippen LogP contribution in [0.15, 0.2) is 24.3 Å². The standard InChI is InChI=1S/C18H25FN2O2/c1-14-10-20(2)11-18(14)12-21(7-8-23-13-18)17(22)9-15-3-5-16(19)6-4-15/h3-6,14H,7-13H2,1-2H3/t14-,18+/m0/s1. The van der Waals surface area contributed by atoms with E-state index in [1.165, 1.54) is 12.1 Å². The highest BCUT2D eigenvalue weighted by Gasteiger charge is 2.46. The van der Waals surface area contributed by atoms with Crippen LogP contribution < -0.4 is 0 Å². The van der Waals surface area contributed by atoms with Crippen LogP contribution in [0.3, 0.4) is 0 Å². The Kier molecular flexibility index (Phi) is 4.69. The number of halogens is 1. The summed E-state index contributed by atoms with van der Waals surface area (Å²) in [5.41, 5.74) is 0.885. The lowest BCUT2D eigenvalue weighted by Gasteiger charge is -2.35. The molecule has 2 aliphatic rings. The van der Waals surface area contributed by atoms with Gasteiger partial charge in [0.05, 0.1) is 19.6 Å². The molecule has 3 rings (SSSR count).